The van der Waals surface area contributed by atoms with Crippen LogP contribution >= 0.6 is 0 Å². The largest absolute Gasteiger partial charge is 0.478 e. The fourth-order valence-corrected chi connectivity index (χ4v) is 1.32. The van der Waals surface area contributed by atoms with Crippen molar-refractivity contribution in [3.8, 4) is 0 Å². The van der Waals surface area contributed by atoms with Crippen molar-refractivity contribution >= 4 is 17.6 Å². The molecule has 1 aromatic carbocycles. The minimum Gasteiger partial charge on any atom is -0.478 e. The number of ether oxygens (including phenoxy) is 1. The van der Waals surface area contributed by atoms with E-state index in [2.05, 4.69) is 5.32 Å². The third-order valence-corrected chi connectivity index (χ3v) is 2.31. The maximum atomic E-state index is 11.6. The zero-order valence-electron chi connectivity index (χ0n) is 10.7. The van der Waals surface area contributed by atoms with Crippen LogP contribution in [0.25, 0.3) is 0 Å². The lowest BCUT2D eigenvalue weighted by atomic mass is 10.1. The van der Waals surface area contributed by atoms with E-state index >= 15 is 0 Å². The van der Waals surface area contributed by atoms with Crippen LogP contribution in [0.4, 0.5) is 5.69 Å². The first-order chi connectivity index (χ1) is 8.40. The molecule has 1 amide bonds. The Morgan fingerprint density at radius 2 is 2.06 bits per heavy atom. The summed E-state index contributed by atoms with van der Waals surface area (Å²) in [5.74, 6) is -1.32. The molecule has 0 aliphatic heterocycles. The molecule has 0 aliphatic rings. The molecule has 0 aliphatic carbocycles. The molecule has 0 bridgehead atoms. The van der Waals surface area contributed by atoms with Crippen molar-refractivity contribution in [2.45, 2.75) is 26.9 Å². The van der Waals surface area contributed by atoms with Crippen molar-refractivity contribution in [2.24, 2.45) is 0 Å². The first-order valence-electron chi connectivity index (χ1n) is 5.65. The molecular formula is C13H17NO4. The number of carboxylic acid groups (broad SMARTS) is 1. The fraction of sp³-hybridized carbons (Fsp3) is 0.385. The summed E-state index contributed by atoms with van der Waals surface area (Å²) in [7, 11) is 0. The first kappa shape index (κ1) is 14.2. The van der Waals surface area contributed by atoms with Gasteiger partial charge < -0.3 is 15.2 Å². The summed E-state index contributed by atoms with van der Waals surface area (Å²) in [5.41, 5.74) is 1.44. The number of anilines is 1. The second-order valence-corrected chi connectivity index (χ2v) is 4.24. The number of rotatable bonds is 5. The maximum absolute atomic E-state index is 11.6. The predicted molar refractivity (Wildman–Crippen MR) is 67.9 cm³/mol. The molecule has 0 aromatic heterocycles. The number of carboxylic acids is 1. The molecule has 98 valence electrons. The van der Waals surface area contributed by atoms with Crippen molar-refractivity contribution in [1.82, 2.24) is 0 Å². The van der Waals surface area contributed by atoms with Crippen molar-refractivity contribution in [2.75, 3.05) is 11.9 Å². The van der Waals surface area contributed by atoms with Crippen LogP contribution in [0.15, 0.2) is 18.2 Å². The molecule has 1 rings (SSSR count). The van der Waals surface area contributed by atoms with Gasteiger partial charge in [0.05, 0.1) is 11.7 Å². The van der Waals surface area contributed by atoms with Gasteiger partial charge in [-0.1, -0.05) is 6.07 Å². The van der Waals surface area contributed by atoms with Crippen LogP contribution in [0.5, 0.6) is 0 Å². The smallest absolute Gasteiger partial charge is 0.335 e. The Hall–Kier alpha value is -1.88. The van der Waals surface area contributed by atoms with Gasteiger partial charge in [-0.2, -0.15) is 0 Å². The number of amides is 1. The number of aryl methyl sites for hydroxylation is 1. The zero-order chi connectivity index (χ0) is 13.7. The van der Waals surface area contributed by atoms with Gasteiger partial charge in [0, 0.05) is 5.69 Å². The van der Waals surface area contributed by atoms with Crippen LogP contribution < -0.4 is 5.32 Å². The van der Waals surface area contributed by atoms with Gasteiger partial charge in [0.1, 0.15) is 6.61 Å². The number of hydrogen-bond acceptors (Lipinski definition) is 3. The fourth-order valence-electron chi connectivity index (χ4n) is 1.32. The molecule has 0 saturated carbocycles. The Morgan fingerprint density at radius 1 is 1.39 bits per heavy atom. The standard InChI is InChI=1S/C13H17NO4/c1-8(2)18-7-12(15)14-11-6-10(13(16)17)5-4-9(11)3/h4-6,8H,7H2,1-3H3,(H,14,15)(H,16,17). The Kier molecular flexibility index (Phi) is 4.85. The topological polar surface area (TPSA) is 75.6 Å². The summed E-state index contributed by atoms with van der Waals surface area (Å²) in [6.45, 7) is 5.42. The molecule has 0 saturated heterocycles. The number of benzene rings is 1. The summed E-state index contributed by atoms with van der Waals surface area (Å²) in [4.78, 5) is 22.4. The van der Waals surface area contributed by atoms with Gasteiger partial charge in [0.15, 0.2) is 0 Å². The van der Waals surface area contributed by atoms with E-state index in [9.17, 15) is 9.59 Å². The number of aromatic carboxylic acids is 1. The lowest BCUT2D eigenvalue weighted by Crippen LogP contribution is -2.21. The molecular weight excluding hydrogens is 234 g/mol. The van der Waals surface area contributed by atoms with Gasteiger partial charge in [-0.25, -0.2) is 4.79 Å². The molecule has 0 spiro atoms. The first-order valence-corrected chi connectivity index (χ1v) is 5.65. The number of carbonyl (C=O) groups excluding carboxylic acids is 1. The lowest BCUT2D eigenvalue weighted by Gasteiger charge is -2.11. The normalized spacial score (nSPS) is 10.4. The van der Waals surface area contributed by atoms with Gasteiger partial charge in [0.2, 0.25) is 5.91 Å². The minimum absolute atomic E-state index is 0.0257. The highest BCUT2D eigenvalue weighted by Gasteiger charge is 2.09. The summed E-state index contributed by atoms with van der Waals surface area (Å²) >= 11 is 0. The highest BCUT2D eigenvalue weighted by Crippen LogP contribution is 2.16. The minimum atomic E-state index is -1.02. The molecule has 0 atom stereocenters. The summed E-state index contributed by atoms with van der Waals surface area (Å²) in [6, 6.07) is 4.59. The molecule has 5 heteroatoms. The third kappa shape index (κ3) is 4.18. The zero-order valence-corrected chi connectivity index (χ0v) is 10.7. The average molecular weight is 251 g/mol. The van der Waals surface area contributed by atoms with Gasteiger partial charge in [-0.3, -0.25) is 4.79 Å². The number of nitrogens with one attached hydrogen (secondary N) is 1. The van der Waals surface area contributed by atoms with Crippen LogP contribution in [-0.2, 0) is 9.53 Å². The Morgan fingerprint density at radius 3 is 2.61 bits per heavy atom. The van der Waals surface area contributed by atoms with Gasteiger partial charge in [-0.15, -0.1) is 0 Å². The van der Waals surface area contributed by atoms with E-state index in [-0.39, 0.29) is 24.2 Å². The molecule has 1 aromatic rings. The second-order valence-electron chi connectivity index (χ2n) is 4.24. The van der Waals surface area contributed by atoms with Crippen LogP contribution in [0.1, 0.15) is 29.8 Å². The van der Waals surface area contributed by atoms with Crippen LogP contribution in [0.2, 0.25) is 0 Å². The molecule has 18 heavy (non-hydrogen) atoms. The average Bonchev–Trinajstić information content (AvgIpc) is 2.29. The van der Waals surface area contributed by atoms with Crippen molar-refractivity contribution in [1.29, 1.82) is 0 Å². The SMILES string of the molecule is Cc1ccc(C(=O)O)cc1NC(=O)COC(C)C. The van der Waals surface area contributed by atoms with Gasteiger partial charge >= 0.3 is 5.97 Å². The van der Waals surface area contributed by atoms with Crippen molar-refractivity contribution in [3.05, 3.63) is 29.3 Å². The predicted octanol–water partition coefficient (Wildman–Crippen LogP) is 2.06. The van der Waals surface area contributed by atoms with E-state index < -0.39 is 5.97 Å². The molecule has 0 radical (unpaired) electrons. The van der Waals surface area contributed by atoms with Gasteiger partial charge in [-0.05, 0) is 38.5 Å². The van der Waals surface area contributed by atoms with Crippen molar-refractivity contribution in [3.63, 3.8) is 0 Å². The maximum Gasteiger partial charge on any atom is 0.335 e. The summed E-state index contributed by atoms with van der Waals surface area (Å²) < 4.78 is 5.17. The molecule has 0 fully saturated rings. The third-order valence-electron chi connectivity index (χ3n) is 2.31. The summed E-state index contributed by atoms with van der Waals surface area (Å²) in [5, 5.41) is 11.5. The molecule has 0 heterocycles. The number of hydrogen-bond donors (Lipinski definition) is 2. The lowest BCUT2D eigenvalue weighted by molar-refractivity contribution is -0.121. The van der Waals surface area contributed by atoms with Crippen LogP contribution in [-0.4, -0.2) is 29.7 Å². The quantitative estimate of drug-likeness (QED) is 0.839. The monoisotopic (exact) mass is 251 g/mol. The number of carbonyl (C=O) groups is 2. The second kappa shape index (κ2) is 6.16. The van der Waals surface area contributed by atoms with E-state index in [0.29, 0.717) is 5.69 Å². The van der Waals surface area contributed by atoms with Gasteiger partial charge in [0.25, 0.3) is 0 Å². The highest BCUT2D eigenvalue weighted by atomic mass is 16.5. The summed E-state index contributed by atoms with van der Waals surface area (Å²) in [6.07, 6.45) is -0.0257. The van der Waals surface area contributed by atoms with E-state index in [1.165, 1.54) is 12.1 Å². The molecule has 2 N–H and O–H groups in total. The van der Waals surface area contributed by atoms with E-state index in [1.54, 1.807) is 13.0 Å². The van der Waals surface area contributed by atoms with Crippen LogP contribution in [0.3, 0.4) is 0 Å². The Labute approximate surface area is 106 Å². The Bertz CT molecular complexity index is 454. The van der Waals surface area contributed by atoms with E-state index in [1.807, 2.05) is 13.8 Å². The molecule has 5 nitrogen and oxygen atoms in total. The Balaban J connectivity index is 2.74. The van der Waals surface area contributed by atoms with E-state index in [4.69, 9.17) is 9.84 Å². The van der Waals surface area contributed by atoms with E-state index in [0.717, 1.165) is 5.56 Å². The van der Waals surface area contributed by atoms with Crippen molar-refractivity contribution < 1.29 is 19.4 Å². The highest BCUT2D eigenvalue weighted by molar-refractivity contribution is 5.95. The molecule has 0 unspecified atom stereocenters. The van der Waals surface area contributed by atoms with Crippen LogP contribution in [0, 0.1) is 6.92 Å².